The zero-order valence-corrected chi connectivity index (χ0v) is 9.15. The molecule has 0 atom stereocenters. The summed E-state index contributed by atoms with van der Waals surface area (Å²) in [7, 11) is 0. The SMILES string of the molecule is NCC(=O)Nc1ccc(N2CCCC2)nc1. The number of hydrogen-bond donors (Lipinski definition) is 2. The Bertz CT molecular complexity index is 357. The van der Waals surface area contributed by atoms with Gasteiger partial charge in [-0.15, -0.1) is 0 Å². The van der Waals surface area contributed by atoms with Gasteiger partial charge in [-0.3, -0.25) is 4.79 Å². The van der Waals surface area contributed by atoms with E-state index < -0.39 is 0 Å². The zero-order valence-electron chi connectivity index (χ0n) is 9.15. The van der Waals surface area contributed by atoms with Crippen molar-refractivity contribution in [3.8, 4) is 0 Å². The number of nitrogens with zero attached hydrogens (tertiary/aromatic N) is 2. The first-order valence-electron chi connectivity index (χ1n) is 5.50. The molecule has 1 amide bonds. The molecule has 5 nitrogen and oxygen atoms in total. The number of nitrogens with one attached hydrogen (secondary N) is 1. The van der Waals surface area contributed by atoms with Gasteiger partial charge >= 0.3 is 0 Å². The molecule has 1 aliphatic heterocycles. The lowest BCUT2D eigenvalue weighted by Gasteiger charge is -2.16. The first kappa shape index (κ1) is 10.9. The molecule has 2 rings (SSSR count). The molecule has 0 radical (unpaired) electrons. The number of anilines is 2. The van der Waals surface area contributed by atoms with Crippen LogP contribution in [0.1, 0.15) is 12.8 Å². The number of carbonyl (C=O) groups excluding carboxylic acids is 1. The van der Waals surface area contributed by atoms with Crippen molar-refractivity contribution in [1.29, 1.82) is 0 Å². The first-order chi connectivity index (χ1) is 7.79. The second-order valence-electron chi connectivity index (χ2n) is 3.85. The van der Waals surface area contributed by atoms with Gasteiger partial charge in [0, 0.05) is 13.1 Å². The number of aromatic nitrogens is 1. The third-order valence-corrected chi connectivity index (χ3v) is 2.65. The zero-order chi connectivity index (χ0) is 11.4. The lowest BCUT2D eigenvalue weighted by molar-refractivity contribution is -0.114. The van der Waals surface area contributed by atoms with E-state index in [1.807, 2.05) is 12.1 Å². The third-order valence-electron chi connectivity index (χ3n) is 2.65. The average Bonchev–Trinajstić information content (AvgIpc) is 2.83. The van der Waals surface area contributed by atoms with E-state index in [-0.39, 0.29) is 12.5 Å². The monoisotopic (exact) mass is 220 g/mol. The van der Waals surface area contributed by atoms with Gasteiger partial charge in [-0.2, -0.15) is 0 Å². The van der Waals surface area contributed by atoms with Crippen molar-refractivity contribution in [3.63, 3.8) is 0 Å². The number of carbonyl (C=O) groups is 1. The second kappa shape index (κ2) is 4.94. The number of rotatable bonds is 3. The van der Waals surface area contributed by atoms with Crippen molar-refractivity contribution >= 4 is 17.4 Å². The molecule has 0 saturated carbocycles. The van der Waals surface area contributed by atoms with Crippen LogP contribution in [-0.4, -0.2) is 30.5 Å². The van der Waals surface area contributed by atoms with Gasteiger partial charge in [-0.1, -0.05) is 0 Å². The minimum absolute atomic E-state index is 0.00607. The Morgan fingerprint density at radius 1 is 1.44 bits per heavy atom. The maximum Gasteiger partial charge on any atom is 0.238 e. The summed E-state index contributed by atoms with van der Waals surface area (Å²) in [4.78, 5) is 17.6. The van der Waals surface area contributed by atoms with Crippen LogP contribution >= 0.6 is 0 Å². The predicted molar refractivity (Wildman–Crippen MR) is 63.4 cm³/mol. The average molecular weight is 220 g/mol. The molecule has 2 heterocycles. The first-order valence-corrected chi connectivity index (χ1v) is 5.50. The topological polar surface area (TPSA) is 71.2 Å². The van der Waals surface area contributed by atoms with Crippen LogP contribution in [0.4, 0.5) is 11.5 Å². The number of hydrogen-bond acceptors (Lipinski definition) is 4. The minimum atomic E-state index is -0.198. The molecule has 1 aromatic rings. The van der Waals surface area contributed by atoms with Crippen molar-refractivity contribution in [2.45, 2.75) is 12.8 Å². The fourth-order valence-electron chi connectivity index (χ4n) is 1.81. The quantitative estimate of drug-likeness (QED) is 0.781. The summed E-state index contributed by atoms with van der Waals surface area (Å²) in [5, 5.41) is 2.66. The minimum Gasteiger partial charge on any atom is -0.357 e. The number of pyridine rings is 1. The van der Waals surface area contributed by atoms with Crippen molar-refractivity contribution in [3.05, 3.63) is 18.3 Å². The molecule has 86 valence electrons. The van der Waals surface area contributed by atoms with Crippen LogP contribution in [0, 0.1) is 0 Å². The molecule has 0 aliphatic carbocycles. The van der Waals surface area contributed by atoms with E-state index in [1.165, 1.54) is 12.8 Å². The second-order valence-corrected chi connectivity index (χ2v) is 3.85. The summed E-state index contributed by atoms with van der Waals surface area (Å²) in [6.45, 7) is 2.14. The Kier molecular flexibility index (Phi) is 3.36. The third kappa shape index (κ3) is 2.49. The van der Waals surface area contributed by atoms with E-state index in [1.54, 1.807) is 6.20 Å². The van der Waals surface area contributed by atoms with E-state index in [2.05, 4.69) is 15.2 Å². The van der Waals surface area contributed by atoms with Crippen LogP contribution in [0.2, 0.25) is 0 Å². The molecule has 0 spiro atoms. The van der Waals surface area contributed by atoms with Crippen LogP contribution in [0.5, 0.6) is 0 Å². The number of amides is 1. The molecular formula is C11H16N4O. The van der Waals surface area contributed by atoms with Gasteiger partial charge in [0.05, 0.1) is 18.4 Å². The summed E-state index contributed by atoms with van der Waals surface area (Å²) in [5.74, 6) is 0.777. The highest BCUT2D eigenvalue weighted by molar-refractivity contribution is 5.91. The van der Waals surface area contributed by atoms with Crippen molar-refractivity contribution < 1.29 is 4.79 Å². The Labute approximate surface area is 94.6 Å². The summed E-state index contributed by atoms with van der Waals surface area (Å²) < 4.78 is 0. The molecule has 1 aliphatic rings. The summed E-state index contributed by atoms with van der Waals surface area (Å²) in [6.07, 6.45) is 4.13. The maximum absolute atomic E-state index is 11.0. The van der Waals surface area contributed by atoms with Gasteiger partial charge in [0.25, 0.3) is 0 Å². The Hall–Kier alpha value is -1.62. The van der Waals surface area contributed by atoms with Crippen molar-refractivity contribution in [2.24, 2.45) is 5.73 Å². The van der Waals surface area contributed by atoms with Crippen LogP contribution in [0.15, 0.2) is 18.3 Å². The van der Waals surface area contributed by atoms with Crippen molar-refractivity contribution in [2.75, 3.05) is 29.9 Å². The molecule has 1 saturated heterocycles. The molecule has 1 aromatic heterocycles. The Morgan fingerprint density at radius 3 is 2.75 bits per heavy atom. The molecule has 0 unspecified atom stereocenters. The molecule has 1 fully saturated rings. The highest BCUT2D eigenvalue weighted by Crippen LogP contribution is 2.18. The smallest absolute Gasteiger partial charge is 0.238 e. The van der Waals surface area contributed by atoms with Gasteiger partial charge in [-0.05, 0) is 25.0 Å². The van der Waals surface area contributed by atoms with Crippen LogP contribution in [-0.2, 0) is 4.79 Å². The van der Waals surface area contributed by atoms with E-state index in [9.17, 15) is 4.79 Å². The lowest BCUT2D eigenvalue weighted by atomic mass is 10.3. The molecule has 0 aromatic carbocycles. The lowest BCUT2D eigenvalue weighted by Crippen LogP contribution is -2.22. The molecular weight excluding hydrogens is 204 g/mol. The highest BCUT2D eigenvalue weighted by atomic mass is 16.1. The van der Waals surface area contributed by atoms with Gasteiger partial charge < -0.3 is 16.0 Å². The summed E-state index contributed by atoms with van der Waals surface area (Å²) in [6, 6.07) is 3.78. The van der Waals surface area contributed by atoms with E-state index in [0.717, 1.165) is 18.9 Å². The fraction of sp³-hybridized carbons (Fsp3) is 0.455. The van der Waals surface area contributed by atoms with E-state index >= 15 is 0 Å². The largest absolute Gasteiger partial charge is 0.357 e. The Morgan fingerprint density at radius 2 is 2.19 bits per heavy atom. The predicted octanol–water partition coefficient (Wildman–Crippen LogP) is 0.579. The van der Waals surface area contributed by atoms with Gasteiger partial charge in [0.1, 0.15) is 5.82 Å². The maximum atomic E-state index is 11.0. The van der Waals surface area contributed by atoms with Crippen molar-refractivity contribution in [1.82, 2.24) is 4.98 Å². The van der Waals surface area contributed by atoms with Crippen LogP contribution < -0.4 is 16.0 Å². The molecule has 16 heavy (non-hydrogen) atoms. The Balaban J connectivity index is 2.01. The van der Waals surface area contributed by atoms with Gasteiger partial charge in [0.15, 0.2) is 0 Å². The van der Waals surface area contributed by atoms with Gasteiger partial charge in [-0.25, -0.2) is 4.98 Å². The standard InChI is InChI=1S/C11H16N4O/c12-7-11(16)14-9-3-4-10(13-8-9)15-5-1-2-6-15/h3-4,8H,1-2,5-7,12H2,(H,14,16). The van der Waals surface area contributed by atoms with E-state index in [0.29, 0.717) is 5.69 Å². The van der Waals surface area contributed by atoms with Crippen LogP contribution in [0.3, 0.4) is 0 Å². The van der Waals surface area contributed by atoms with Crippen LogP contribution in [0.25, 0.3) is 0 Å². The molecule has 0 bridgehead atoms. The summed E-state index contributed by atoms with van der Waals surface area (Å²) in [5.41, 5.74) is 5.90. The number of nitrogens with two attached hydrogens (primary N) is 1. The summed E-state index contributed by atoms with van der Waals surface area (Å²) >= 11 is 0. The highest BCUT2D eigenvalue weighted by Gasteiger charge is 2.12. The van der Waals surface area contributed by atoms with E-state index in [4.69, 9.17) is 5.73 Å². The molecule has 5 heteroatoms. The van der Waals surface area contributed by atoms with Gasteiger partial charge in [0.2, 0.25) is 5.91 Å². The normalized spacial score (nSPS) is 15.2. The molecule has 3 N–H and O–H groups in total. The fourth-order valence-corrected chi connectivity index (χ4v) is 1.81.